The molecule has 1 aromatic carbocycles. The van der Waals surface area contributed by atoms with Crippen LogP contribution in [0.4, 0.5) is 10.2 Å². The number of fused-ring (bicyclic) bond motifs is 1. The monoisotopic (exact) mass is 341 g/mol. The Kier molecular flexibility index (Phi) is 4.23. The van der Waals surface area contributed by atoms with Crippen LogP contribution in [0.15, 0.2) is 36.8 Å². The lowest BCUT2D eigenvalue weighted by atomic mass is 10.1. The summed E-state index contributed by atoms with van der Waals surface area (Å²) in [6.07, 6.45) is 3.48. The number of hydrogen-bond donors (Lipinski definition) is 1. The number of rotatable bonds is 4. The largest absolute Gasteiger partial charge is 0.494 e. The highest BCUT2D eigenvalue weighted by molar-refractivity contribution is 5.87. The summed E-state index contributed by atoms with van der Waals surface area (Å²) in [5, 5.41) is 1.05. The van der Waals surface area contributed by atoms with Crippen LogP contribution in [0.1, 0.15) is 5.56 Å². The minimum absolute atomic E-state index is 0.285. The van der Waals surface area contributed by atoms with Gasteiger partial charge < -0.3 is 14.6 Å². The van der Waals surface area contributed by atoms with Gasteiger partial charge in [0.1, 0.15) is 17.8 Å². The molecule has 0 amide bonds. The molecule has 0 bridgehead atoms. The van der Waals surface area contributed by atoms with Gasteiger partial charge in [-0.3, -0.25) is 4.90 Å². The van der Waals surface area contributed by atoms with Gasteiger partial charge >= 0.3 is 0 Å². The molecular weight excluding hydrogens is 321 g/mol. The van der Waals surface area contributed by atoms with Gasteiger partial charge in [0.15, 0.2) is 11.6 Å². The molecule has 7 heteroatoms. The maximum Gasteiger partial charge on any atom is 0.165 e. The van der Waals surface area contributed by atoms with E-state index in [4.69, 9.17) is 4.74 Å². The number of methoxy groups -OCH3 is 1. The first-order chi connectivity index (χ1) is 12.2. The molecular formula is C18H20FN5O. The molecule has 6 nitrogen and oxygen atoms in total. The number of aromatic nitrogens is 3. The number of piperazine rings is 1. The van der Waals surface area contributed by atoms with Crippen molar-refractivity contribution in [2.75, 3.05) is 38.2 Å². The van der Waals surface area contributed by atoms with E-state index in [0.29, 0.717) is 0 Å². The Hall–Kier alpha value is -2.67. The van der Waals surface area contributed by atoms with Crippen molar-refractivity contribution >= 4 is 16.9 Å². The zero-order chi connectivity index (χ0) is 17.2. The Labute approximate surface area is 145 Å². The predicted molar refractivity (Wildman–Crippen MR) is 94.3 cm³/mol. The van der Waals surface area contributed by atoms with E-state index in [0.717, 1.165) is 55.1 Å². The lowest BCUT2D eigenvalue weighted by Crippen LogP contribution is -2.46. The molecule has 0 atom stereocenters. The maximum absolute atomic E-state index is 13.8. The first kappa shape index (κ1) is 15.8. The predicted octanol–water partition coefficient (Wildman–Crippen LogP) is 2.43. The Balaban J connectivity index is 1.41. The zero-order valence-electron chi connectivity index (χ0n) is 14.1. The Bertz CT molecular complexity index is 873. The molecule has 3 aromatic rings. The van der Waals surface area contributed by atoms with E-state index in [1.807, 2.05) is 18.3 Å². The summed E-state index contributed by atoms with van der Waals surface area (Å²) in [5.74, 6) is 0.948. The van der Waals surface area contributed by atoms with Crippen molar-refractivity contribution in [3.8, 4) is 5.75 Å². The van der Waals surface area contributed by atoms with Crippen molar-refractivity contribution in [1.29, 1.82) is 0 Å². The number of aromatic amines is 1. The van der Waals surface area contributed by atoms with Crippen LogP contribution in [0.5, 0.6) is 5.75 Å². The van der Waals surface area contributed by atoms with E-state index >= 15 is 0 Å². The number of H-pyrrole nitrogens is 1. The van der Waals surface area contributed by atoms with Crippen molar-refractivity contribution in [2.24, 2.45) is 0 Å². The number of anilines is 1. The summed E-state index contributed by atoms with van der Waals surface area (Å²) < 4.78 is 18.8. The number of ether oxygens (including phenoxy) is 1. The molecule has 0 spiro atoms. The fourth-order valence-corrected chi connectivity index (χ4v) is 3.29. The summed E-state index contributed by atoms with van der Waals surface area (Å²) in [5.41, 5.74) is 1.82. The molecule has 1 aliphatic heterocycles. The second kappa shape index (κ2) is 6.68. The third-order valence-electron chi connectivity index (χ3n) is 4.63. The van der Waals surface area contributed by atoms with Crippen LogP contribution in [0.3, 0.4) is 0 Å². The molecule has 25 heavy (non-hydrogen) atoms. The summed E-state index contributed by atoms with van der Waals surface area (Å²) in [4.78, 5) is 16.4. The van der Waals surface area contributed by atoms with Gasteiger partial charge in [-0.25, -0.2) is 14.4 Å². The smallest absolute Gasteiger partial charge is 0.165 e. The van der Waals surface area contributed by atoms with Gasteiger partial charge in [0, 0.05) is 38.9 Å². The van der Waals surface area contributed by atoms with E-state index in [2.05, 4.69) is 24.8 Å². The van der Waals surface area contributed by atoms with Gasteiger partial charge in [0.05, 0.1) is 12.5 Å². The summed E-state index contributed by atoms with van der Waals surface area (Å²) in [7, 11) is 1.48. The second-order valence-corrected chi connectivity index (χ2v) is 6.17. The van der Waals surface area contributed by atoms with Gasteiger partial charge in [-0.1, -0.05) is 6.07 Å². The average molecular weight is 341 g/mol. The van der Waals surface area contributed by atoms with Gasteiger partial charge in [-0.2, -0.15) is 0 Å². The third-order valence-corrected chi connectivity index (χ3v) is 4.63. The quantitative estimate of drug-likeness (QED) is 0.790. The summed E-state index contributed by atoms with van der Waals surface area (Å²) in [6.45, 7) is 4.32. The number of benzene rings is 1. The second-order valence-electron chi connectivity index (χ2n) is 6.17. The van der Waals surface area contributed by atoms with E-state index in [1.54, 1.807) is 18.5 Å². The van der Waals surface area contributed by atoms with Crippen molar-refractivity contribution in [3.05, 3.63) is 48.2 Å². The van der Waals surface area contributed by atoms with Gasteiger partial charge in [-0.05, 0) is 23.8 Å². The summed E-state index contributed by atoms with van der Waals surface area (Å²) >= 11 is 0. The number of nitrogens with zero attached hydrogens (tertiary/aromatic N) is 4. The van der Waals surface area contributed by atoms with Gasteiger partial charge in [0.2, 0.25) is 0 Å². The minimum atomic E-state index is -0.311. The van der Waals surface area contributed by atoms with E-state index < -0.39 is 0 Å². The molecule has 130 valence electrons. The first-order valence-electron chi connectivity index (χ1n) is 8.32. The number of halogens is 1. The van der Waals surface area contributed by atoms with Gasteiger partial charge in [-0.15, -0.1) is 0 Å². The Morgan fingerprint density at radius 3 is 2.76 bits per heavy atom. The van der Waals surface area contributed by atoms with Gasteiger partial charge in [0.25, 0.3) is 0 Å². The molecule has 2 aromatic heterocycles. The fraction of sp³-hybridized carbons (Fsp3) is 0.333. The molecule has 1 aliphatic rings. The Morgan fingerprint density at radius 2 is 2.00 bits per heavy atom. The molecule has 0 aliphatic carbocycles. The third kappa shape index (κ3) is 3.15. The number of hydrogen-bond acceptors (Lipinski definition) is 5. The molecule has 0 radical (unpaired) electrons. The van der Waals surface area contributed by atoms with Crippen LogP contribution in [0, 0.1) is 5.82 Å². The highest BCUT2D eigenvalue weighted by Gasteiger charge is 2.20. The standard InChI is InChI=1S/C18H20FN5O/c1-25-16-3-2-13(10-15(16)19)11-23-6-8-24(9-7-23)18-14-4-5-20-17(14)21-12-22-18/h2-5,10,12H,6-9,11H2,1H3,(H,20,21,22). The average Bonchev–Trinajstić information content (AvgIpc) is 3.11. The highest BCUT2D eigenvalue weighted by Crippen LogP contribution is 2.24. The molecule has 3 heterocycles. The summed E-state index contributed by atoms with van der Waals surface area (Å²) in [6, 6.07) is 7.17. The first-order valence-corrected chi connectivity index (χ1v) is 8.32. The molecule has 1 saturated heterocycles. The highest BCUT2D eigenvalue weighted by atomic mass is 19.1. The fourth-order valence-electron chi connectivity index (χ4n) is 3.29. The molecule has 1 N–H and O–H groups in total. The van der Waals surface area contributed by atoms with Crippen LogP contribution in [-0.2, 0) is 6.54 Å². The van der Waals surface area contributed by atoms with Crippen LogP contribution in [-0.4, -0.2) is 53.1 Å². The zero-order valence-corrected chi connectivity index (χ0v) is 14.1. The molecule has 0 unspecified atom stereocenters. The lowest BCUT2D eigenvalue weighted by molar-refractivity contribution is 0.249. The normalized spacial score (nSPS) is 15.7. The van der Waals surface area contributed by atoms with Crippen LogP contribution < -0.4 is 9.64 Å². The van der Waals surface area contributed by atoms with E-state index in [9.17, 15) is 4.39 Å². The topological polar surface area (TPSA) is 57.3 Å². The van der Waals surface area contributed by atoms with E-state index in [1.165, 1.54) is 7.11 Å². The van der Waals surface area contributed by atoms with Crippen LogP contribution in [0.25, 0.3) is 11.0 Å². The van der Waals surface area contributed by atoms with Crippen molar-refractivity contribution in [3.63, 3.8) is 0 Å². The van der Waals surface area contributed by atoms with Crippen molar-refractivity contribution in [1.82, 2.24) is 19.9 Å². The molecule has 1 fully saturated rings. The molecule has 0 saturated carbocycles. The molecule has 4 rings (SSSR count). The van der Waals surface area contributed by atoms with Crippen LogP contribution in [0.2, 0.25) is 0 Å². The van der Waals surface area contributed by atoms with Crippen molar-refractivity contribution in [2.45, 2.75) is 6.54 Å². The van der Waals surface area contributed by atoms with Crippen molar-refractivity contribution < 1.29 is 9.13 Å². The number of nitrogens with one attached hydrogen (secondary N) is 1. The lowest BCUT2D eigenvalue weighted by Gasteiger charge is -2.35. The Morgan fingerprint density at radius 1 is 1.16 bits per heavy atom. The van der Waals surface area contributed by atoms with Crippen LogP contribution >= 0.6 is 0 Å². The van der Waals surface area contributed by atoms with E-state index in [-0.39, 0.29) is 11.6 Å². The minimum Gasteiger partial charge on any atom is -0.494 e. The maximum atomic E-state index is 13.8. The SMILES string of the molecule is COc1ccc(CN2CCN(c3ncnc4[nH]ccc34)CC2)cc1F.